The number of aromatic nitrogens is 3. The maximum atomic E-state index is 4.12. The quantitative estimate of drug-likeness (QED) is 0.673. The molecule has 0 saturated carbocycles. The summed E-state index contributed by atoms with van der Waals surface area (Å²) in [6, 6.07) is 0.413. The average Bonchev–Trinajstić information content (AvgIpc) is 2.81. The van der Waals surface area contributed by atoms with E-state index in [1.165, 1.54) is 31.4 Å². The van der Waals surface area contributed by atoms with Crippen molar-refractivity contribution in [2.75, 3.05) is 6.54 Å². The van der Waals surface area contributed by atoms with Crippen molar-refractivity contribution in [2.45, 2.75) is 65.5 Å². The molecule has 0 aliphatic rings. The molecular weight excluding hydrogens is 212 g/mol. The zero-order chi connectivity index (χ0) is 12.5. The molecule has 0 aliphatic carbocycles. The van der Waals surface area contributed by atoms with Crippen LogP contribution in [0.5, 0.6) is 0 Å². The minimum absolute atomic E-state index is 0.413. The number of hydrogen-bond acceptors (Lipinski definition) is 3. The zero-order valence-corrected chi connectivity index (χ0v) is 11.4. The highest BCUT2D eigenvalue weighted by Crippen LogP contribution is 2.19. The van der Waals surface area contributed by atoms with E-state index in [2.05, 4.69) is 36.4 Å². The molecule has 0 fully saturated rings. The van der Waals surface area contributed by atoms with E-state index in [0.29, 0.717) is 6.04 Å². The molecule has 1 aromatic heterocycles. The van der Waals surface area contributed by atoms with E-state index in [4.69, 9.17) is 0 Å². The first kappa shape index (κ1) is 14.2. The van der Waals surface area contributed by atoms with E-state index in [1.54, 1.807) is 0 Å². The topological polar surface area (TPSA) is 42.7 Å². The monoisotopic (exact) mass is 238 g/mol. The number of rotatable bonds is 9. The third-order valence-corrected chi connectivity index (χ3v) is 3.04. The van der Waals surface area contributed by atoms with E-state index < -0.39 is 0 Å². The summed E-state index contributed by atoms with van der Waals surface area (Å²) in [7, 11) is 0. The molecule has 1 atom stereocenters. The molecule has 1 heterocycles. The molecule has 0 aromatic carbocycles. The van der Waals surface area contributed by atoms with Gasteiger partial charge in [-0.15, -0.1) is 5.10 Å². The van der Waals surface area contributed by atoms with E-state index in [-0.39, 0.29) is 0 Å². The van der Waals surface area contributed by atoms with Gasteiger partial charge in [0.15, 0.2) is 0 Å². The molecule has 1 aromatic rings. The van der Waals surface area contributed by atoms with Gasteiger partial charge in [0.05, 0.1) is 17.9 Å². The number of aryl methyl sites for hydroxylation is 1. The van der Waals surface area contributed by atoms with E-state index >= 15 is 0 Å². The fourth-order valence-electron chi connectivity index (χ4n) is 2.05. The number of nitrogens with zero attached hydrogens (tertiary/aromatic N) is 3. The van der Waals surface area contributed by atoms with Gasteiger partial charge in [-0.2, -0.15) is 0 Å². The molecule has 0 bridgehead atoms. The minimum Gasteiger partial charge on any atom is -0.309 e. The van der Waals surface area contributed by atoms with Crippen molar-refractivity contribution in [1.82, 2.24) is 20.3 Å². The third kappa shape index (κ3) is 4.46. The van der Waals surface area contributed by atoms with Crippen molar-refractivity contribution >= 4 is 0 Å². The van der Waals surface area contributed by atoms with Gasteiger partial charge in [0.1, 0.15) is 0 Å². The van der Waals surface area contributed by atoms with E-state index in [9.17, 15) is 0 Å². The van der Waals surface area contributed by atoms with Crippen molar-refractivity contribution in [3.05, 3.63) is 11.9 Å². The maximum Gasteiger partial charge on any atom is 0.0756 e. The summed E-state index contributed by atoms with van der Waals surface area (Å²) in [5.41, 5.74) is 1.23. The summed E-state index contributed by atoms with van der Waals surface area (Å²) >= 11 is 0. The van der Waals surface area contributed by atoms with Gasteiger partial charge < -0.3 is 5.32 Å². The van der Waals surface area contributed by atoms with Crippen LogP contribution in [-0.4, -0.2) is 21.5 Å². The number of nitrogens with one attached hydrogen (secondary N) is 1. The van der Waals surface area contributed by atoms with Gasteiger partial charge in [0, 0.05) is 6.54 Å². The molecule has 0 radical (unpaired) electrons. The second-order valence-electron chi connectivity index (χ2n) is 4.48. The summed E-state index contributed by atoms with van der Waals surface area (Å²) in [4.78, 5) is 0. The highest BCUT2D eigenvalue weighted by atomic mass is 15.4. The molecule has 0 aliphatic heterocycles. The van der Waals surface area contributed by atoms with Crippen molar-refractivity contribution in [1.29, 1.82) is 0 Å². The van der Waals surface area contributed by atoms with Crippen LogP contribution in [0.15, 0.2) is 6.20 Å². The lowest BCUT2D eigenvalue weighted by Gasteiger charge is -2.18. The summed E-state index contributed by atoms with van der Waals surface area (Å²) < 4.78 is 2.00. The van der Waals surface area contributed by atoms with Gasteiger partial charge in [0.2, 0.25) is 0 Å². The smallest absolute Gasteiger partial charge is 0.0756 e. The molecule has 0 amide bonds. The summed E-state index contributed by atoms with van der Waals surface area (Å²) in [6.45, 7) is 8.51. The largest absolute Gasteiger partial charge is 0.309 e. The van der Waals surface area contributed by atoms with Crippen molar-refractivity contribution in [3.8, 4) is 0 Å². The Hall–Kier alpha value is -0.900. The maximum absolute atomic E-state index is 4.12. The van der Waals surface area contributed by atoms with Gasteiger partial charge in [-0.25, -0.2) is 4.68 Å². The first-order valence-corrected chi connectivity index (χ1v) is 6.95. The van der Waals surface area contributed by atoms with Crippen LogP contribution in [-0.2, 0) is 6.54 Å². The summed E-state index contributed by atoms with van der Waals surface area (Å²) in [5.74, 6) is 0. The SMILES string of the molecule is CCCCCC(NCCC)c1cnnn1CC. The van der Waals surface area contributed by atoms with Crippen LogP contribution in [0.25, 0.3) is 0 Å². The first-order valence-electron chi connectivity index (χ1n) is 6.95. The zero-order valence-electron chi connectivity index (χ0n) is 11.4. The standard InChI is InChI=1S/C13H26N4/c1-4-7-8-9-12(14-10-5-2)13-11-15-16-17(13)6-3/h11-12,14H,4-10H2,1-3H3. The summed E-state index contributed by atoms with van der Waals surface area (Å²) in [5, 5.41) is 11.7. The lowest BCUT2D eigenvalue weighted by atomic mass is 10.1. The molecule has 0 spiro atoms. The van der Waals surface area contributed by atoms with E-state index in [1.807, 2.05) is 10.9 Å². The molecule has 0 saturated heterocycles. The van der Waals surface area contributed by atoms with Gasteiger partial charge in [-0.3, -0.25) is 0 Å². The van der Waals surface area contributed by atoms with Crippen LogP contribution in [0.4, 0.5) is 0 Å². The third-order valence-electron chi connectivity index (χ3n) is 3.04. The molecule has 98 valence electrons. The average molecular weight is 238 g/mol. The number of unbranched alkanes of at least 4 members (excludes halogenated alkanes) is 2. The van der Waals surface area contributed by atoms with Gasteiger partial charge in [0.25, 0.3) is 0 Å². The minimum atomic E-state index is 0.413. The van der Waals surface area contributed by atoms with Gasteiger partial charge >= 0.3 is 0 Å². The van der Waals surface area contributed by atoms with Crippen LogP contribution in [0, 0.1) is 0 Å². The molecule has 1 rings (SSSR count). The molecule has 4 heteroatoms. The van der Waals surface area contributed by atoms with Crippen LogP contribution in [0.1, 0.15) is 64.6 Å². The molecule has 4 nitrogen and oxygen atoms in total. The second-order valence-corrected chi connectivity index (χ2v) is 4.48. The Morgan fingerprint density at radius 3 is 2.71 bits per heavy atom. The lowest BCUT2D eigenvalue weighted by Crippen LogP contribution is -2.24. The Labute approximate surface area is 105 Å². The van der Waals surface area contributed by atoms with Gasteiger partial charge in [-0.05, 0) is 26.3 Å². The molecule has 17 heavy (non-hydrogen) atoms. The first-order chi connectivity index (χ1) is 8.33. The Balaban J connectivity index is 2.60. The summed E-state index contributed by atoms with van der Waals surface area (Å²) in [6.07, 6.45) is 8.10. The van der Waals surface area contributed by atoms with Crippen molar-refractivity contribution in [2.24, 2.45) is 0 Å². The highest BCUT2D eigenvalue weighted by molar-refractivity contribution is 5.02. The van der Waals surface area contributed by atoms with Gasteiger partial charge in [-0.1, -0.05) is 38.3 Å². The van der Waals surface area contributed by atoms with Crippen LogP contribution in [0.3, 0.4) is 0 Å². The molecular formula is C13H26N4. The Kier molecular flexibility index (Phi) is 6.86. The Morgan fingerprint density at radius 2 is 2.06 bits per heavy atom. The predicted molar refractivity (Wildman–Crippen MR) is 70.9 cm³/mol. The molecule has 1 unspecified atom stereocenters. The fraction of sp³-hybridized carbons (Fsp3) is 0.846. The van der Waals surface area contributed by atoms with Crippen LogP contribution >= 0.6 is 0 Å². The van der Waals surface area contributed by atoms with Crippen molar-refractivity contribution in [3.63, 3.8) is 0 Å². The van der Waals surface area contributed by atoms with Crippen LogP contribution < -0.4 is 5.32 Å². The highest BCUT2D eigenvalue weighted by Gasteiger charge is 2.15. The number of hydrogen-bond donors (Lipinski definition) is 1. The Bertz CT molecular complexity index is 295. The molecule has 1 N–H and O–H groups in total. The lowest BCUT2D eigenvalue weighted by molar-refractivity contribution is 0.438. The fourth-order valence-corrected chi connectivity index (χ4v) is 2.05. The second kappa shape index (κ2) is 8.23. The van der Waals surface area contributed by atoms with Crippen molar-refractivity contribution < 1.29 is 0 Å². The Morgan fingerprint density at radius 1 is 1.24 bits per heavy atom. The van der Waals surface area contributed by atoms with E-state index in [0.717, 1.165) is 19.5 Å². The normalized spacial score (nSPS) is 12.9. The van der Waals surface area contributed by atoms with Crippen LogP contribution in [0.2, 0.25) is 0 Å². The predicted octanol–water partition coefficient (Wildman–Crippen LogP) is 2.92.